The van der Waals surface area contributed by atoms with Crippen LogP contribution in [0.2, 0.25) is 0 Å². The minimum Gasteiger partial charge on any atom is -0.465 e. The lowest BCUT2D eigenvalue weighted by atomic mass is 10.00. The summed E-state index contributed by atoms with van der Waals surface area (Å²) in [4.78, 5) is 16.0. The topological polar surface area (TPSA) is 65.7 Å². The smallest absolute Gasteiger partial charge is 0.339 e. The molecule has 0 aliphatic carbocycles. The van der Waals surface area contributed by atoms with Gasteiger partial charge in [0.05, 0.1) is 12.7 Å². The van der Waals surface area contributed by atoms with Crippen LogP contribution >= 0.6 is 0 Å². The predicted octanol–water partition coefficient (Wildman–Crippen LogP) is 1.41. The van der Waals surface area contributed by atoms with Crippen molar-refractivity contribution in [3.63, 3.8) is 0 Å². The highest BCUT2D eigenvalue weighted by atomic mass is 16.5. The Balaban J connectivity index is 1.93. The molecular weight excluding hydrogens is 246 g/mol. The molecule has 2 aromatic heterocycles. The minimum atomic E-state index is -0.370. The average molecular weight is 261 g/mol. The number of methoxy groups -OCH3 is 1. The van der Waals surface area contributed by atoms with E-state index in [1.54, 1.807) is 22.8 Å². The molecule has 3 heterocycles. The molecule has 0 aromatic carbocycles. The number of pyridine rings is 1. The third kappa shape index (κ3) is 2.31. The number of aromatic nitrogens is 3. The Kier molecular flexibility index (Phi) is 3.16. The lowest BCUT2D eigenvalue weighted by molar-refractivity contribution is 0.0600. The van der Waals surface area contributed by atoms with Crippen LogP contribution in [0.5, 0.6) is 0 Å². The maximum absolute atomic E-state index is 11.5. The standard InChI is InChI=1S/C13H15N3O3/c1-18-13(17)10-2-3-11-14-12(15-16(11)8-10)9-4-6-19-7-5-9/h2-3,8-9H,4-7H2,1H3. The van der Waals surface area contributed by atoms with Crippen molar-refractivity contribution >= 4 is 11.6 Å². The number of nitrogens with zero attached hydrogens (tertiary/aromatic N) is 3. The number of esters is 1. The third-order valence-electron chi connectivity index (χ3n) is 3.35. The van der Waals surface area contributed by atoms with Gasteiger partial charge >= 0.3 is 5.97 Å². The minimum absolute atomic E-state index is 0.343. The Morgan fingerprint density at radius 2 is 2.21 bits per heavy atom. The predicted molar refractivity (Wildman–Crippen MR) is 67.1 cm³/mol. The van der Waals surface area contributed by atoms with E-state index >= 15 is 0 Å². The first-order valence-corrected chi connectivity index (χ1v) is 6.30. The van der Waals surface area contributed by atoms with Crippen molar-refractivity contribution in [2.45, 2.75) is 18.8 Å². The molecule has 0 unspecified atom stereocenters. The van der Waals surface area contributed by atoms with Crippen molar-refractivity contribution in [3.8, 4) is 0 Å². The summed E-state index contributed by atoms with van der Waals surface area (Å²) in [5.41, 5.74) is 1.22. The maximum Gasteiger partial charge on any atom is 0.339 e. The molecule has 0 N–H and O–H groups in total. The van der Waals surface area contributed by atoms with Gasteiger partial charge in [0.1, 0.15) is 0 Å². The first-order chi connectivity index (χ1) is 9.28. The molecule has 0 amide bonds. The average Bonchev–Trinajstić information content (AvgIpc) is 2.90. The van der Waals surface area contributed by atoms with Crippen LogP contribution in [-0.4, -0.2) is 40.9 Å². The maximum atomic E-state index is 11.5. The van der Waals surface area contributed by atoms with Gasteiger partial charge in [0.25, 0.3) is 0 Å². The molecule has 100 valence electrons. The van der Waals surface area contributed by atoms with Crippen LogP contribution in [0.1, 0.15) is 34.9 Å². The van der Waals surface area contributed by atoms with E-state index in [-0.39, 0.29) is 5.97 Å². The highest BCUT2D eigenvalue weighted by molar-refractivity contribution is 5.89. The molecular formula is C13H15N3O3. The second-order valence-corrected chi connectivity index (χ2v) is 4.57. The van der Waals surface area contributed by atoms with Gasteiger partial charge in [0.2, 0.25) is 0 Å². The number of hydrogen-bond acceptors (Lipinski definition) is 5. The molecule has 0 saturated carbocycles. The molecule has 6 heteroatoms. The Labute approximate surface area is 110 Å². The van der Waals surface area contributed by atoms with E-state index in [4.69, 9.17) is 9.47 Å². The Morgan fingerprint density at radius 3 is 2.95 bits per heavy atom. The molecule has 0 spiro atoms. The third-order valence-corrected chi connectivity index (χ3v) is 3.35. The fourth-order valence-electron chi connectivity index (χ4n) is 2.27. The summed E-state index contributed by atoms with van der Waals surface area (Å²) in [7, 11) is 1.36. The molecule has 1 aliphatic heterocycles. The molecule has 0 atom stereocenters. The van der Waals surface area contributed by atoms with Crippen LogP contribution in [0.4, 0.5) is 0 Å². The first kappa shape index (κ1) is 12.1. The normalized spacial score (nSPS) is 16.7. The van der Waals surface area contributed by atoms with Crippen LogP contribution in [0.3, 0.4) is 0 Å². The van der Waals surface area contributed by atoms with Gasteiger partial charge in [0, 0.05) is 25.3 Å². The lowest BCUT2D eigenvalue weighted by Crippen LogP contribution is -2.15. The summed E-state index contributed by atoms with van der Waals surface area (Å²) in [6, 6.07) is 3.48. The van der Waals surface area contributed by atoms with Gasteiger partial charge in [-0.25, -0.2) is 14.3 Å². The summed E-state index contributed by atoms with van der Waals surface area (Å²) in [6.45, 7) is 1.52. The number of rotatable bonds is 2. The van der Waals surface area contributed by atoms with Gasteiger partial charge in [-0.15, -0.1) is 0 Å². The quantitative estimate of drug-likeness (QED) is 0.765. The monoisotopic (exact) mass is 261 g/mol. The number of ether oxygens (including phenoxy) is 2. The van der Waals surface area contributed by atoms with E-state index in [1.165, 1.54) is 7.11 Å². The van der Waals surface area contributed by atoms with Crippen molar-refractivity contribution in [2.24, 2.45) is 0 Å². The van der Waals surface area contributed by atoms with E-state index in [0.717, 1.165) is 37.5 Å². The Morgan fingerprint density at radius 1 is 1.42 bits per heavy atom. The molecule has 6 nitrogen and oxygen atoms in total. The fourth-order valence-corrected chi connectivity index (χ4v) is 2.27. The number of fused-ring (bicyclic) bond motifs is 1. The molecule has 2 aromatic rings. The van der Waals surface area contributed by atoms with E-state index < -0.39 is 0 Å². The lowest BCUT2D eigenvalue weighted by Gasteiger charge is -2.18. The largest absolute Gasteiger partial charge is 0.465 e. The van der Waals surface area contributed by atoms with Crippen molar-refractivity contribution in [3.05, 3.63) is 29.7 Å². The second kappa shape index (κ2) is 4.97. The van der Waals surface area contributed by atoms with E-state index in [2.05, 4.69) is 10.1 Å². The zero-order chi connectivity index (χ0) is 13.2. The van der Waals surface area contributed by atoms with Crippen LogP contribution in [0.15, 0.2) is 18.3 Å². The van der Waals surface area contributed by atoms with Crippen LogP contribution in [0.25, 0.3) is 5.65 Å². The Bertz CT molecular complexity index is 602. The summed E-state index contributed by atoms with van der Waals surface area (Å²) in [5.74, 6) is 0.797. The van der Waals surface area contributed by atoms with Crippen LogP contribution < -0.4 is 0 Å². The second-order valence-electron chi connectivity index (χ2n) is 4.57. The zero-order valence-electron chi connectivity index (χ0n) is 10.7. The summed E-state index contributed by atoms with van der Waals surface area (Å²) < 4.78 is 11.7. The van der Waals surface area contributed by atoms with Crippen LogP contribution in [-0.2, 0) is 9.47 Å². The van der Waals surface area contributed by atoms with E-state index in [9.17, 15) is 4.79 Å². The van der Waals surface area contributed by atoms with Crippen molar-refractivity contribution in [1.82, 2.24) is 14.6 Å². The summed E-state index contributed by atoms with van der Waals surface area (Å²) in [5, 5.41) is 4.46. The van der Waals surface area contributed by atoms with Crippen molar-refractivity contribution < 1.29 is 14.3 Å². The Hall–Kier alpha value is -1.95. The molecule has 1 aliphatic rings. The number of carbonyl (C=O) groups excluding carboxylic acids is 1. The van der Waals surface area contributed by atoms with Gasteiger partial charge in [-0.2, -0.15) is 5.10 Å². The van der Waals surface area contributed by atoms with Crippen LogP contribution in [0, 0.1) is 0 Å². The molecule has 1 fully saturated rings. The van der Waals surface area contributed by atoms with E-state index in [0.29, 0.717) is 11.5 Å². The molecule has 0 bridgehead atoms. The van der Waals surface area contributed by atoms with Gasteiger partial charge < -0.3 is 9.47 Å². The van der Waals surface area contributed by atoms with E-state index in [1.807, 2.05) is 0 Å². The van der Waals surface area contributed by atoms with Gasteiger partial charge in [-0.3, -0.25) is 0 Å². The summed E-state index contributed by atoms with van der Waals surface area (Å²) in [6.07, 6.45) is 3.54. The molecule has 0 radical (unpaired) electrons. The SMILES string of the molecule is COC(=O)c1ccc2nc(C3CCOCC3)nn2c1. The van der Waals surface area contributed by atoms with Gasteiger partial charge in [-0.05, 0) is 25.0 Å². The molecule has 3 rings (SSSR count). The van der Waals surface area contributed by atoms with Crippen molar-refractivity contribution in [2.75, 3.05) is 20.3 Å². The molecule has 19 heavy (non-hydrogen) atoms. The number of carbonyl (C=O) groups is 1. The van der Waals surface area contributed by atoms with Gasteiger partial charge in [0.15, 0.2) is 11.5 Å². The van der Waals surface area contributed by atoms with Crippen molar-refractivity contribution in [1.29, 1.82) is 0 Å². The zero-order valence-corrected chi connectivity index (χ0v) is 10.7. The summed E-state index contributed by atoms with van der Waals surface area (Å²) >= 11 is 0. The molecule has 1 saturated heterocycles. The highest BCUT2D eigenvalue weighted by Gasteiger charge is 2.20. The van der Waals surface area contributed by atoms with Gasteiger partial charge in [-0.1, -0.05) is 0 Å². The highest BCUT2D eigenvalue weighted by Crippen LogP contribution is 2.24. The first-order valence-electron chi connectivity index (χ1n) is 6.30. The number of hydrogen-bond donors (Lipinski definition) is 0. The fraction of sp³-hybridized carbons (Fsp3) is 0.462.